The van der Waals surface area contributed by atoms with E-state index >= 15 is 0 Å². The maximum absolute atomic E-state index is 9.59. The zero-order valence-corrected chi connectivity index (χ0v) is 7.61. The van der Waals surface area contributed by atoms with E-state index in [9.17, 15) is 15.3 Å². The van der Waals surface area contributed by atoms with Crippen LogP contribution in [0.1, 0.15) is 0 Å². The van der Waals surface area contributed by atoms with Gasteiger partial charge in [-0.3, -0.25) is 4.99 Å². The molecule has 0 radical (unpaired) electrons. The first kappa shape index (κ1) is 9.85. The molecule has 14 heavy (non-hydrogen) atoms. The van der Waals surface area contributed by atoms with Gasteiger partial charge >= 0.3 is 0 Å². The average molecular weight is 202 g/mol. The molecule has 6 heteroatoms. The van der Waals surface area contributed by atoms with E-state index in [-0.39, 0.29) is 6.61 Å². The molecule has 0 aromatic carbocycles. The van der Waals surface area contributed by atoms with Gasteiger partial charge in [-0.05, 0) is 0 Å². The molecule has 2 aliphatic heterocycles. The molecule has 4 N–H and O–H groups in total. The lowest BCUT2D eigenvalue weighted by Gasteiger charge is -2.42. The molecular formula is C8H14N2O4. The number of aliphatic hydroxyl groups is 4. The van der Waals surface area contributed by atoms with Crippen molar-refractivity contribution in [2.24, 2.45) is 4.99 Å². The van der Waals surface area contributed by atoms with Gasteiger partial charge in [0.25, 0.3) is 0 Å². The zero-order valence-electron chi connectivity index (χ0n) is 7.61. The maximum atomic E-state index is 9.59. The minimum atomic E-state index is -1.26. The quantitative estimate of drug-likeness (QED) is 0.367. The summed E-state index contributed by atoms with van der Waals surface area (Å²) in [6.07, 6.45) is -3.54. The zero-order chi connectivity index (χ0) is 10.3. The highest BCUT2D eigenvalue weighted by Crippen LogP contribution is 2.23. The first-order chi connectivity index (χ1) is 6.66. The first-order valence-corrected chi connectivity index (χ1v) is 4.63. The van der Waals surface area contributed by atoms with Crippen molar-refractivity contribution >= 4 is 5.84 Å². The number of hydrogen-bond donors (Lipinski definition) is 4. The third-order valence-corrected chi connectivity index (χ3v) is 2.83. The fraction of sp³-hybridized carbons (Fsp3) is 0.875. The third-order valence-electron chi connectivity index (χ3n) is 2.83. The monoisotopic (exact) mass is 202 g/mol. The molecule has 6 nitrogen and oxygen atoms in total. The summed E-state index contributed by atoms with van der Waals surface area (Å²) >= 11 is 0. The Kier molecular flexibility index (Phi) is 2.44. The minimum Gasteiger partial charge on any atom is -0.394 e. The second kappa shape index (κ2) is 3.47. The Labute approximate surface area is 81.1 Å². The highest BCUT2D eigenvalue weighted by molar-refractivity contribution is 5.89. The molecular weight excluding hydrogens is 188 g/mol. The lowest BCUT2D eigenvalue weighted by molar-refractivity contribution is -0.0933. The number of hydrogen-bond acceptors (Lipinski definition) is 6. The Bertz CT molecular complexity index is 258. The second-order valence-electron chi connectivity index (χ2n) is 3.61. The van der Waals surface area contributed by atoms with E-state index in [1.807, 2.05) is 0 Å². The van der Waals surface area contributed by atoms with Crippen molar-refractivity contribution in [3.8, 4) is 0 Å². The van der Waals surface area contributed by atoms with Crippen LogP contribution in [0.2, 0.25) is 0 Å². The summed E-state index contributed by atoms with van der Waals surface area (Å²) in [5.74, 6) is 0.377. The number of nitrogens with zero attached hydrogens (tertiary/aromatic N) is 2. The van der Waals surface area contributed by atoms with Crippen molar-refractivity contribution in [3.63, 3.8) is 0 Å². The van der Waals surface area contributed by atoms with Gasteiger partial charge in [0.05, 0.1) is 19.2 Å². The lowest BCUT2D eigenvalue weighted by Crippen LogP contribution is -2.64. The highest BCUT2D eigenvalue weighted by atomic mass is 16.4. The highest BCUT2D eigenvalue weighted by Gasteiger charge is 2.46. The Morgan fingerprint density at radius 3 is 2.64 bits per heavy atom. The van der Waals surface area contributed by atoms with Gasteiger partial charge in [0.2, 0.25) is 0 Å². The largest absolute Gasteiger partial charge is 0.394 e. The molecule has 2 rings (SSSR count). The third kappa shape index (κ3) is 1.23. The van der Waals surface area contributed by atoms with E-state index in [2.05, 4.69) is 4.99 Å². The number of amidine groups is 1. The predicted octanol–water partition coefficient (Wildman–Crippen LogP) is -2.84. The molecule has 0 bridgehead atoms. The average Bonchev–Trinajstić information content (AvgIpc) is 2.64. The van der Waals surface area contributed by atoms with Gasteiger partial charge in [-0.25, -0.2) is 0 Å². The molecule has 0 aromatic rings. The van der Waals surface area contributed by atoms with E-state index in [4.69, 9.17) is 5.11 Å². The van der Waals surface area contributed by atoms with Crippen molar-refractivity contribution < 1.29 is 20.4 Å². The topological polar surface area (TPSA) is 96.5 Å². The molecule has 0 amide bonds. The van der Waals surface area contributed by atoms with Crippen LogP contribution in [-0.2, 0) is 0 Å². The fourth-order valence-corrected chi connectivity index (χ4v) is 2.03. The Morgan fingerprint density at radius 1 is 1.29 bits per heavy atom. The summed E-state index contributed by atoms with van der Waals surface area (Å²) in [4.78, 5) is 5.69. The molecule has 1 fully saturated rings. The van der Waals surface area contributed by atoms with Crippen LogP contribution in [0.3, 0.4) is 0 Å². The summed E-state index contributed by atoms with van der Waals surface area (Å²) < 4.78 is 0. The van der Waals surface area contributed by atoms with Crippen LogP contribution in [0.4, 0.5) is 0 Å². The second-order valence-corrected chi connectivity index (χ2v) is 3.61. The van der Waals surface area contributed by atoms with Gasteiger partial charge < -0.3 is 25.3 Å². The SMILES string of the molecule is OC[C@H]1[C@@H](O)[C@H](O)[C@@H](O)C2=NCCN21. The maximum Gasteiger partial charge on any atom is 0.139 e. The van der Waals surface area contributed by atoms with Crippen molar-refractivity contribution in [2.75, 3.05) is 19.7 Å². The molecule has 0 aromatic heterocycles. The summed E-state index contributed by atoms with van der Waals surface area (Å²) in [6, 6.07) is -0.561. The number of aliphatic imine (C=N–C) groups is 1. The molecule has 2 heterocycles. The Morgan fingerprint density at radius 2 is 2.00 bits per heavy atom. The summed E-state index contributed by atoms with van der Waals surface area (Å²) in [7, 11) is 0. The lowest BCUT2D eigenvalue weighted by atomic mass is 9.94. The van der Waals surface area contributed by atoms with Gasteiger partial charge in [0, 0.05) is 6.54 Å². The van der Waals surface area contributed by atoms with E-state index < -0.39 is 24.4 Å². The van der Waals surface area contributed by atoms with Crippen molar-refractivity contribution in [1.29, 1.82) is 0 Å². The smallest absolute Gasteiger partial charge is 0.139 e. The number of piperidine rings is 1. The molecule has 2 aliphatic rings. The molecule has 0 spiro atoms. The summed E-state index contributed by atoms with van der Waals surface area (Å²) in [6.45, 7) is 0.841. The van der Waals surface area contributed by atoms with Crippen LogP contribution in [0.15, 0.2) is 4.99 Å². The normalized spacial score (nSPS) is 42.3. The first-order valence-electron chi connectivity index (χ1n) is 4.63. The minimum absolute atomic E-state index is 0.260. The standard InChI is InChI=1S/C8H14N2O4/c11-3-4-5(12)6(13)7(14)8-9-1-2-10(4)8/h4-7,11-14H,1-3H2/t4-,5+,6-,7+/m0/s1. The van der Waals surface area contributed by atoms with Crippen LogP contribution in [0.25, 0.3) is 0 Å². The molecule has 4 atom stereocenters. The van der Waals surface area contributed by atoms with Gasteiger partial charge in [0.1, 0.15) is 24.1 Å². The van der Waals surface area contributed by atoms with Crippen LogP contribution < -0.4 is 0 Å². The van der Waals surface area contributed by atoms with Crippen molar-refractivity contribution in [2.45, 2.75) is 24.4 Å². The van der Waals surface area contributed by atoms with Crippen LogP contribution in [0.5, 0.6) is 0 Å². The number of rotatable bonds is 1. The van der Waals surface area contributed by atoms with E-state index in [1.54, 1.807) is 4.90 Å². The predicted molar refractivity (Wildman–Crippen MR) is 47.9 cm³/mol. The van der Waals surface area contributed by atoms with E-state index in [0.717, 1.165) is 0 Å². The van der Waals surface area contributed by atoms with Crippen LogP contribution >= 0.6 is 0 Å². The van der Waals surface area contributed by atoms with E-state index in [1.165, 1.54) is 0 Å². The summed E-state index contributed by atoms with van der Waals surface area (Å²) in [5, 5.41) is 37.7. The van der Waals surface area contributed by atoms with Crippen molar-refractivity contribution in [1.82, 2.24) is 4.90 Å². The van der Waals surface area contributed by atoms with Crippen LogP contribution in [0, 0.1) is 0 Å². The molecule has 1 saturated heterocycles. The van der Waals surface area contributed by atoms with E-state index in [0.29, 0.717) is 18.9 Å². The van der Waals surface area contributed by atoms with Gasteiger partial charge in [-0.2, -0.15) is 0 Å². The van der Waals surface area contributed by atoms with Gasteiger partial charge in [0.15, 0.2) is 0 Å². The number of aliphatic hydroxyl groups excluding tert-OH is 4. The van der Waals surface area contributed by atoms with Gasteiger partial charge in [-0.1, -0.05) is 0 Å². The molecule has 0 saturated carbocycles. The summed E-state index contributed by atoms with van der Waals surface area (Å²) in [5.41, 5.74) is 0. The van der Waals surface area contributed by atoms with Crippen molar-refractivity contribution in [3.05, 3.63) is 0 Å². The number of fused-ring (bicyclic) bond motifs is 1. The molecule has 0 aliphatic carbocycles. The Hall–Kier alpha value is -0.690. The molecule has 80 valence electrons. The van der Waals surface area contributed by atoms with Crippen LogP contribution in [-0.4, -0.2) is 75.2 Å². The molecule has 0 unspecified atom stereocenters. The van der Waals surface area contributed by atoms with Gasteiger partial charge in [-0.15, -0.1) is 0 Å². The fourth-order valence-electron chi connectivity index (χ4n) is 2.03. The Balaban J connectivity index is 2.26.